The van der Waals surface area contributed by atoms with E-state index in [-0.39, 0.29) is 0 Å². The zero-order valence-electron chi connectivity index (χ0n) is 7.36. The highest BCUT2D eigenvalue weighted by molar-refractivity contribution is 7.98. The molecule has 0 aromatic carbocycles. The number of thioether (sulfide) groups is 1. The van der Waals surface area contributed by atoms with Gasteiger partial charge in [-0.1, -0.05) is 0 Å². The van der Waals surface area contributed by atoms with Crippen molar-refractivity contribution < 1.29 is 0 Å². The van der Waals surface area contributed by atoms with E-state index in [1.807, 2.05) is 30.5 Å². The second-order valence-electron chi connectivity index (χ2n) is 2.54. The maximum absolute atomic E-state index is 3.97. The van der Waals surface area contributed by atoms with Gasteiger partial charge in [0.25, 0.3) is 0 Å². The molecule has 0 saturated heterocycles. The van der Waals surface area contributed by atoms with Crippen LogP contribution in [0.2, 0.25) is 0 Å². The smallest absolute Gasteiger partial charge is 0.0946 e. The molecule has 1 N–H and O–H groups in total. The van der Waals surface area contributed by atoms with Crippen LogP contribution in [0.15, 0.2) is 18.7 Å². The van der Waals surface area contributed by atoms with E-state index in [1.54, 1.807) is 0 Å². The Kier molecular flexibility index (Phi) is 4.87. The number of nitrogens with one attached hydrogen (secondary N) is 1. The van der Waals surface area contributed by atoms with Gasteiger partial charge in [-0.25, -0.2) is 4.98 Å². The molecule has 0 saturated carbocycles. The van der Waals surface area contributed by atoms with Crippen LogP contribution in [0.4, 0.5) is 0 Å². The van der Waals surface area contributed by atoms with Crippen molar-refractivity contribution in [3.05, 3.63) is 18.7 Å². The summed E-state index contributed by atoms with van der Waals surface area (Å²) in [5.41, 5.74) is 0. The van der Waals surface area contributed by atoms with Crippen molar-refractivity contribution in [3.63, 3.8) is 0 Å². The monoisotopic (exact) mass is 185 g/mol. The van der Waals surface area contributed by atoms with Crippen LogP contribution in [0.3, 0.4) is 0 Å². The van der Waals surface area contributed by atoms with Gasteiger partial charge in [0.1, 0.15) is 0 Å². The standard InChI is InChI=1S/C8H15N3S/c1-12-7-4-9-2-5-11-6-3-10-8-11/h3,6,8-9H,2,4-5,7H2,1H3. The number of imidazole rings is 1. The molecule has 0 bridgehead atoms. The Bertz CT molecular complexity index is 186. The van der Waals surface area contributed by atoms with E-state index in [1.165, 1.54) is 5.75 Å². The Hall–Kier alpha value is -0.480. The maximum Gasteiger partial charge on any atom is 0.0946 e. The minimum atomic E-state index is 1.01. The molecule has 0 atom stereocenters. The first-order valence-corrected chi connectivity index (χ1v) is 5.48. The molecule has 1 heterocycles. The molecule has 3 nitrogen and oxygen atoms in total. The van der Waals surface area contributed by atoms with Gasteiger partial charge >= 0.3 is 0 Å². The molecule has 4 heteroatoms. The van der Waals surface area contributed by atoms with Crippen molar-refractivity contribution in [2.75, 3.05) is 25.1 Å². The van der Waals surface area contributed by atoms with Gasteiger partial charge in [-0.3, -0.25) is 0 Å². The Balaban J connectivity index is 1.96. The summed E-state index contributed by atoms with van der Waals surface area (Å²) in [4.78, 5) is 3.97. The lowest BCUT2D eigenvalue weighted by Crippen LogP contribution is -2.21. The lowest BCUT2D eigenvalue weighted by molar-refractivity contribution is 0.615. The Morgan fingerprint density at radius 2 is 2.42 bits per heavy atom. The van der Waals surface area contributed by atoms with Gasteiger partial charge in [-0.15, -0.1) is 0 Å². The summed E-state index contributed by atoms with van der Waals surface area (Å²) in [6.45, 7) is 3.13. The van der Waals surface area contributed by atoms with Crippen LogP contribution in [0.25, 0.3) is 0 Å². The quantitative estimate of drug-likeness (QED) is 0.666. The SMILES string of the molecule is CSCCNCCn1ccnc1. The molecule has 1 aromatic rings. The van der Waals surface area contributed by atoms with E-state index in [4.69, 9.17) is 0 Å². The summed E-state index contributed by atoms with van der Waals surface area (Å²) in [7, 11) is 0. The molecule has 0 unspecified atom stereocenters. The normalized spacial score (nSPS) is 10.4. The third-order valence-corrected chi connectivity index (χ3v) is 2.20. The molecule has 12 heavy (non-hydrogen) atoms. The van der Waals surface area contributed by atoms with Gasteiger partial charge in [0.15, 0.2) is 0 Å². The molecule has 1 rings (SSSR count). The molecule has 0 fully saturated rings. The van der Waals surface area contributed by atoms with Gasteiger partial charge in [-0.05, 0) is 6.26 Å². The molecular formula is C8H15N3S. The van der Waals surface area contributed by atoms with E-state index in [0.717, 1.165) is 19.6 Å². The van der Waals surface area contributed by atoms with Gasteiger partial charge in [0.2, 0.25) is 0 Å². The van der Waals surface area contributed by atoms with Crippen molar-refractivity contribution in [2.24, 2.45) is 0 Å². The van der Waals surface area contributed by atoms with Gasteiger partial charge < -0.3 is 9.88 Å². The fraction of sp³-hybridized carbons (Fsp3) is 0.625. The molecule has 1 aromatic heterocycles. The first-order valence-electron chi connectivity index (χ1n) is 4.09. The van der Waals surface area contributed by atoms with E-state index >= 15 is 0 Å². The maximum atomic E-state index is 3.97. The summed E-state index contributed by atoms with van der Waals surface area (Å²) in [6.07, 6.45) is 7.76. The Morgan fingerprint density at radius 1 is 1.50 bits per heavy atom. The third-order valence-electron chi connectivity index (χ3n) is 1.59. The number of aromatic nitrogens is 2. The number of rotatable bonds is 6. The molecule has 0 amide bonds. The minimum Gasteiger partial charge on any atom is -0.336 e. The van der Waals surface area contributed by atoms with E-state index < -0.39 is 0 Å². The average molecular weight is 185 g/mol. The van der Waals surface area contributed by atoms with Crippen molar-refractivity contribution >= 4 is 11.8 Å². The summed E-state index contributed by atoms with van der Waals surface area (Å²) in [5, 5.41) is 3.36. The fourth-order valence-corrected chi connectivity index (χ4v) is 1.27. The Morgan fingerprint density at radius 3 is 3.08 bits per heavy atom. The van der Waals surface area contributed by atoms with Crippen LogP contribution in [-0.4, -0.2) is 34.6 Å². The zero-order valence-corrected chi connectivity index (χ0v) is 8.18. The number of nitrogens with zero attached hydrogens (tertiary/aromatic N) is 2. The molecule has 0 aliphatic heterocycles. The second kappa shape index (κ2) is 6.08. The van der Waals surface area contributed by atoms with Crippen molar-refractivity contribution in [1.29, 1.82) is 0 Å². The zero-order chi connectivity index (χ0) is 8.65. The van der Waals surface area contributed by atoms with Crippen molar-refractivity contribution in [3.8, 4) is 0 Å². The van der Waals surface area contributed by atoms with Gasteiger partial charge in [0, 0.05) is 37.8 Å². The molecular weight excluding hydrogens is 170 g/mol. The van der Waals surface area contributed by atoms with Gasteiger partial charge in [0.05, 0.1) is 6.33 Å². The Labute approximate surface area is 77.6 Å². The highest BCUT2D eigenvalue weighted by atomic mass is 32.2. The summed E-state index contributed by atoms with van der Waals surface area (Å²) in [6, 6.07) is 0. The lowest BCUT2D eigenvalue weighted by Gasteiger charge is -2.03. The van der Waals surface area contributed by atoms with Crippen LogP contribution in [0, 0.1) is 0 Å². The summed E-state index contributed by atoms with van der Waals surface area (Å²) >= 11 is 1.87. The summed E-state index contributed by atoms with van der Waals surface area (Å²) < 4.78 is 2.08. The predicted octanol–water partition coefficient (Wildman–Crippen LogP) is 0.836. The first-order chi connectivity index (χ1) is 5.93. The molecule has 68 valence electrons. The van der Waals surface area contributed by atoms with Crippen LogP contribution >= 0.6 is 11.8 Å². The van der Waals surface area contributed by atoms with E-state index in [9.17, 15) is 0 Å². The van der Waals surface area contributed by atoms with E-state index in [2.05, 4.69) is 21.1 Å². The number of hydrogen-bond donors (Lipinski definition) is 1. The highest BCUT2D eigenvalue weighted by Crippen LogP contribution is 1.87. The fourth-order valence-electron chi connectivity index (χ4n) is 0.926. The second-order valence-corrected chi connectivity index (χ2v) is 3.53. The van der Waals surface area contributed by atoms with Crippen molar-refractivity contribution in [1.82, 2.24) is 14.9 Å². The van der Waals surface area contributed by atoms with Gasteiger partial charge in [-0.2, -0.15) is 11.8 Å². The van der Waals surface area contributed by atoms with Crippen LogP contribution in [-0.2, 0) is 6.54 Å². The van der Waals surface area contributed by atoms with Crippen molar-refractivity contribution in [2.45, 2.75) is 6.54 Å². The molecule has 0 spiro atoms. The van der Waals surface area contributed by atoms with Crippen LogP contribution < -0.4 is 5.32 Å². The van der Waals surface area contributed by atoms with Crippen LogP contribution in [0.1, 0.15) is 0 Å². The molecule has 0 aliphatic carbocycles. The van der Waals surface area contributed by atoms with E-state index in [0.29, 0.717) is 0 Å². The number of hydrogen-bond acceptors (Lipinski definition) is 3. The largest absolute Gasteiger partial charge is 0.336 e. The minimum absolute atomic E-state index is 1.01. The summed E-state index contributed by atoms with van der Waals surface area (Å²) in [5.74, 6) is 1.18. The first kappa shape index (κ1) is 9.61. The highest BCUT2D eigenvalue weighted by Gasteiger charge is 1.88. The predicted molar refractivity (Wildman–Crippen MR) is 53.5 cm³/mol. The lowest BCUT2D eigenvalue weighted by atomic mass is 10.6. The molecule has 0 radical (unpaired) electrons. The molecule has 0 aliphatic rings. The topological polar surface area (TPSA) is 29.9 Å². The average Bonchev–Trinajstić information content (AvgIpc) is 2.57. The van der Waals surface area contributed by atoms with Crippen LogP contribution in [0.5, 0.6) is 0 Å². The third kappa shape index (κ3) is 3.78.